The SMILES string of the molecule is CC1C2(CC[C@@]3(C)c4nc(-c5ccnc6ccccc56)nc(C#N)c4CC[C@]13C)OCCO2. The maximum Gasteiger partial charge on any atom is 0.171 e. The molecule has 3 atom stereocenters. The van der Waals surface area contributed by atoms with Crippen LogP contribution in [0.1, 0.15) is 57.0 Å². The summed E-state index contributed by atoms with van der Waals surface area (Å²) < 4.78 is 12.4. The molecule has 1 spiro atoms. The first-order valence-electron chi connectivity index (χ1n) is 11.9. The summed E-state index contributed by atoms with van der Waals surface area (Å²) in [7, 11) is 0. The summed E-state index contributed by atoms with van der Waals surface area (Å²) in [6, 6.07) is 12.3. The quantitative estimate of drug-likeness (QED) is 0.533. The van der Waals surface area contributed by atoms with Gasteiger partial charge in [-0.05, 0) is 36.8 Å². The third kappa shape index (κ3) is 2.70. The van der Waals surface area contributed by atoms with Crippen LogP contribution >= 0.6 is 0 Å². The lowest BCUT2D eigenvalue weighted by molar-refractivity contribution is -0.256. The second kappa shape index (κ2) is 7.06. The van der Waals surface area contributed by atoms with Crippen molar-refractivity contribution in [2.45, 2.75) is 57.7 Å². The molecule has 3 heterocycles. The molecule has 3 aromatic rings. The standard InChI is InChI=1S/C27H28N4O2/c1-17-25(2)10-8-20-22(16-28)30-24(19-9-13-29-21-7-5-4-6-18(19)21)31-23(20)26(25,3)11-12-27(17)32-14-15-33-27/h4-7,9,13,17H,8,10-12,14-15H2,1-3H3/t17?,25-,26+/m1/s1. The van der Waals surface area contributed by atoms with Crippen molar-refractivity contribution >= 4 is 10.9 Å². The van der Waals surface area contributed by atoms with Crippen molar-refractivity contribution in [3.63, 3.8) is 0 Å². The minimum absolute atomic E-state index is 0.0682. The van der Waals surface area contributed by atoms with Gasteiger partial charge in [-0.3, -0.25) is 4.98 Å². The molecule has 6 nitrogen and oxygen atoms in total. The average Bonchev–Trinajstić information content (AvgIpc) is 3.33. The van der Waals surface area contributed by atoms with Crippen LogP contribution in [0, 0.1) is 22.7 Å². The van der Waals surface area contributed by atoms with Crippen molar-refractivity contribution in [2.75, 3.05) is 13.2 Å². The van der Waals surface area contributed by atoms with Crippen LogP contribution in [0.4, 0.5) is 0 Å². The van der Waals surface area contributed by atoms with E-state index in [1.54, 1.807) is 6.20 Å². The van der Waals surface area contributed by atoms with E-state index in [0.717, 1.165) is 53.4 Å². The number of aromatic nitrogens is 3. The Morgan fingerprint density at radius 2 is 1.82 bits per heavy atom. The summed E-state index contributed by atoms with van der Waals surface area (Å²) in [5.41, 5.74) is 4.08. The molecule has 1 aliphatic heterocycles. The van der Waals surface area contributed by atoms with Gasteiger partial charge in [-0.15, -0.1) is 0 Å². The van der Waals surface area contributed by atoms with Crippen molar-refractivity contribution in [3.05, 3.63) is 53.5 Å². The first kappa shape index (κ1) is 20.7. The molecule has 0 radical (unpaired) electrons. The highest BCUT2D eigenvalue weighted by atomic mass is 16.7. The van der Waals surface area contributed by atoms with E-state index in [2.05, 4.69) is 31.8 Å². The van der Waals surface area contributed by atoms with Crippen LogP contribution in [0.2, 0.25) is 0 Å². The summed E-state index contributed by atoms with van der Waals surface area (Å²) in [5.74, 6) is 0.321. The number of nitrogens with zero attached hydrogens (tertiary/aromatic N) is 4. The van der Waals surface area contributed by atoms with Crippen molar-refractivity contribution in [1.82, 2.24) is 15.0 Å². The number of nitriles is 1. The third-order valence-corrected chi connectivity index (χ3v) is 9.05. The molecule has 1 saturated carbocycles. The molecule has 1 saturated heterocycles. The molecule has 2 fully saturated rings. The van der Waals surface area contributed by atoms with Gasteiger partial charge in [0.1, 0.15) is 11.8 Å². The Kier molecular flexibility index (Phi) is 4.43. The second-order valence-corrected chi connectivity index (χ2v) is 10.2. The van der Waals surface area contributed by atoms with Gasteiger partial charge in [0.05, 0.1) is 24.4 Å². The topological polar surface area (TPSA) is 80.9 Å². The van der Waals surface area contributed by atoms with Gasteiger partial charge in [0.2, 0.25) is 0 Å². The van der Waals surface area contributed by atoms with Crippen molar-refractivity contribution in [1.29, 1.82) is 5.26 Å². The Morgan fingerprint density at radius 1 is 1.03 bits per heavy atom. The Bertz CT molecular complexity index is 1300. The summed E-state index contributed by atoms with van der Waals surface area (Å²) in [5, 5.41) is 11.0. The fourth-order valence-corrected chi connectivity index (χ4v) is 6.70. The zero-order chi connectivity index (χ0) is 22.8. The van der Waals surface area contributed by atoms with Gasteiger partial charge in [-0.1, -0.05) is 39.0 Å². The molecule has 2 aliphatic carbocycles. The normalized spacial score (nSPS) is 30.1. The predicted octanol–water partition coefficient (Wildman–Crippen LogP) is 4.95. The Hall–Kier alpha value is -2.88. The lowest BCUT2D eigenvalue weighted by atomic mass is 9.46. The number of hydrogen-bond acceptors (Lipinski definition) is 6. The first-order chi connectivity index (χ1) is 15.9. The van der Waals surface area contributed by atoms with E-state index < -0.39 is 5.79 Å². The monoisotopic (exact) mass is 440 g/mol. The van der Waals surface area contributed by atoms with Gasteiger partial charge in [0.25, 0.3) is 0 Å². The van der Waals surface area contributed by atoms with Crippen LogP contribution in [0.3, 0.4) is 0 Å². The lowest BCUT2D eigenvalue weighted by Crippen LogP contribution is -2.61. The maximum absolute atomic E-state index is 10.0. The molecular formula is C27H28N4O2. The number of benzene rings is 1. The minimum atomic E-state index is -0.499. The van der Waals surface area contributed by atoms with E-state index >= 15 is 0 Å². The predicted molar refractivity (Wildman–Crippen MR) is 124 cm³/mol. The number of fused-ring (bicyclic) bond motifs is 4. The highest BCUT2D eigenvalue weighted by Gasteiger charge is 2.64. The van der Waals surface area contributed by atoms with Gasteiger partial charge in [-0.2, -0.15) is 5.26 Å². The molecule has 6 heteroatoms. The van der Waals surface area contributed by atoms with E-state index in [1.807, 2.05) is 30.3 Å². The third-order valence-electron chi connectivity index (χ3n) is 9.05. The van der Waals surface area contributed by atoms with E-state index in [4.69, 9.17) is 19.4 Å². The molecule has 6 rings (SSSR count). The zero-order valence-corrected chi connectivity index (χ0v) is 19.4. The van der Waals surface area contributed by atoms with Crippen LogP contribution in [-0.2, 0) is 21.3 Å². The number of hydrogen-bond donors (Lipinski definition) is 0. The summed E-state index contributed by atoms with van der Waals surface area (Å²) in [6.07, 6.45) is 5.28. The molecule has 0 amide bonds. The van der Waals surface area contributed by atoms with Crippen molar-refractivity contribution in [2.24, 2.45) is 11.3 Å². The van der Waals surface area contributed by atoms with Gasteiger partial charge >= 0.3 is 0 Å². The highest BCUT2D eigenvalue weighted by molar-refractivity contribution is 5.92. The van der Waals surface area contributed by atoms with E-state index in [9.17, 15) is 5.26 Å². The number of ether oxygens (including phenoxy) is 2. The average molecular weight is 441 g/mol. The molecular weight excluding hydrogens is 412 g/mol. The van der Waals surface area contributed by atoms with Gasteiger partial charge < -0.3 is 9.47 Å². The molecule has 0 N–H and O–H groups in total. The Morgan fingerprint density at radius 3 is 2.61 bits per heavy atom. The number of pyridine rings is 1. The first-order valence-corrected chi connectivity index (χ1v) is 11.9. The lowest BCUT2D eigenvalue weighted by Gasteiger charge is -2.61. The van der Waals surface area contributed by atoms with Crippen LogP contribution in [-0.4, -0.2) is 34.0 Å². The van der Waals surface area contributed by atoms with E-state index in [0.29, 0.717) is 24.7 Å². The molecule has 0 bridgehead atoms. The molecule has 3 aliphatic rings. The number of para-hydroxylation sites is 1. The van der Waals surface area contributed by atoms with Gasteiger partial charge in [0.15, 0.2) is 11.6 Å². The van der Waals surface area contributed by atoms with E-state index in [1.165, 1.54) is 0 Å². The smallest absolute Gasteiger partial charge is 0.171 e. The second-order valence-electron chi connectivity index (χ2n) is 10.2. The van der Waals surface area contributed by atoms with E-state index in [-0.39, 0.29) is 16.7 Å². The maximum atomic E-state index is 10.0. The van der Waals surface area contributed by atoms with Crippen molar-refractivity contribution < 1.29 is 9.47 Å². The van der Waals surface area contributed by atoms with Crippen LogP contribution in [0.15, 0.2) is 36.5 Å². The largest absolute Gasteiger partial charge is 0.347 e. The molecule has 1 aromatic carbocycles. The summed E-state index contributed by atoms with van der Waals surface area (Å²) in [4.78, 5) is 14.5. The van der Waals surface area contributed by atoms with Crippen LogP contribution in [0.25, 0.3) is 22.3 Å². The van der Waals surface area contributed by atoms with Crippen LogP contribution < -0.4 is 0 Å². The zero-order valence-electron chi connectivity index (χ0n) is 19.4. The van der Waals surface area contributed by atoms with Gasteiger partial charge in [-0.25, -0.2) is 9.97 Å². The summed E-state index contributed by atoms with van der Waals surface area (Å²) in [6.45, 7) is 8.28. The summed E-state index contributed by atoms with van der Waals surface area (Å²) >= 11 is 0. The van der Waals surface area contributed by atoms with Gasteiger partial charge in [0, 0.05) is 40.5 Å². The van der Waals surface area contributed by atoms with Crippen LogP contribution in [0.5, 0.6) is 0 Å². The molecule has 168 valence electrons. The molecule has 2 aromatic heterocycles. The fraction of sp³-hybridized carbons (Fsp3) is 0.481. The molecule has 33 heavy (non-hydrogen) atoms. The fourth-order valence-electron chi connectivity index (χ4n) is 6.70. The Balaban J connectivity index is 1.55. The highest BCUT2D eigenvalue weighted by Crippen LogP contribution is 2.63. The Labute approximate surface area is 194 Å². The minimum Gasteiger partial charge on any atom is -0.347 e. The van der Waals surface area contributed by atoms with Crippen molar-refractivity contribution in [3.8, 4) is 17.5 Å². The number of rotatable bonds is 1. The molecule has 1 unspecified atom stereocenters.